The maximum atomic E-state index is 12.4. The molecule has 0 atom stereocenters. The molecule has 0 aliphatic heterocycles. The molecule has 138 valence electrons. The van der Waals surface area contributed by atoms with Gasteiger partial charge in [0.15, 0.2) is 0 Å². The van der Waals surface area contributed by atoms with E-state index in [9.17, 15) is 8.42 Å². The van der Waals surface area contributed by atoms with Crippen molar-refractivity contribution in [2.24, 2.45) is 0 Å². The first-order valence-electron chi connectivity index (χ1n) is 9.00. The number of hydrogen-bond acceptors (Lipinski definition) is 4. The Morgan fingerprint density at radius 3 is 2.54 bits per heavy atom. The molecule has 0 saturated heterocycles. The summed E-state index contributed by atoms with van der Waals surface area (Å²) >= 11 is 0. The standard InChI is InChI=1S/C20H25N3O2S/c1-16-7-10-19(11-8-16)26(24,25)23-20-12-9-18(15-22-20)21-14-13-17-5-3-2-4-6-17/h5,7-12,15,21H,2-4,6,13-14H2,1H3,(H,22,23). The highest BCUT2D eigenvalue weighted by Gasteiger charge is 2.14. The van der Waals surface area contributed by atoms with Gasteiger partial charge >= 0.3 is 0 Å². The Morgan fingerprint density at radius 2 is 1.88 bits per heavy atom. The number of allylic oxidation sites excluding steroid dienone is 1. The maximum Gasteiger partial charge on any atom is 0.263 e. The molecule has 26 heavy (non-hydrogen) atoms. The molecule has 1 aliphatic rings. The van der Waals surface area contributed by atoms with Gasteiger partial charge in [-0.2, -0.15) is 0 Å². The molecular weight excluding hydrogens is 346 g/mol. The molecule has 1 aliphatic carbocycles. The van der Waals surface area contributed by atoms with Gasteiger partial charge in [-0.25, -0.2) is 13.4 Å². The predicted octanol–water partition coefficient (Wildman–Crippen LogP) is 4.49. The van der Waals surface area contributed by atoms with E-state index in [1.165, 1.54) is 31.3 Å². The first kappa shape index (κ1) is 18.5. The van der Waals surface area contributed by atoms with Gasteiger partial charge in [-0.05, 0) is 63.3 Å². The summed E-state index contributed by atoms with van der Waals surface area (Å²) < 4.78 is 27.3. The molecule has 0 spiro atoms. The van der Waals surface area contributed by atoms with E-state index in [1.54, 1.807) is 36.5 Å². The lowest BCUT2D eigenvalue weighted by molar-refractivity contribution is 0.601. The Balaban J connectivity index is 1.55. The summed E-state index contributed by atoms with van der Waals surface area (Å²) in [6.07, 6.45) is 10.1. The van der Waals surface area contributed by atoms with Crippen LogP contribution in [0.15, 0.2) is 59.1 Å². The van der Waals surface area contributed by atoms with Crippen LogP contribution >= 0.6 is 0 Å². The summed E-state index contributed by atoms with van der Waals surface area (Å²) in [6, 6.07) is 10.2. The molecule has 6 heteroatoms. The van der Waals surface area contributed by atoms with E-state index in [0.717, 1.165) is 24.2 Å². The van der Waals surface area contributed by atoms with Gasteiger partial charge in [0.2, 0.25) is 0 Å². The van der Waals surface area contributed by atoms with Crippen molar-refractivity contribution < 1.29 is 8.42 Å². The molecule has 1 heterocycles. The topological polar surface area (TPSA) is 71.1 Å². The minimum absolute atomic E-state index is 0.229. The van der Waals surface area contributed by atoms with Crippen molar-refractivity contribution in [1.82, 2.24) is 4.98 Å². The maximum absolute atomic E-state index is 12.4. The Bertz CT molecular complexity index is 857. The molecule has 3 rings (SSSR count). The molecule has 0 saturated carbocycles. The molecule has 5 nitrogen and oxygen atoms in total. The predicted molar refractivity (Wildman–Crippen MR) is 106 cm³/mol. The highest BCUT2D eigenvalue weighted by molar-refractivity contribution is 7.92. The van der Waals surface area contributed by atoms with Crippen LogP contribution in [0.25, 0.3) is 0 Å². The Labute approximate surface area is 155 Å². The third-order valence-electron chi connectivity index (χ3n) is 4.49. The van der Waals surface area contributed by atoms with Gasteiger partial charge in [0.25, 0.3) is 10.0 Å². The number of anilines is 2. The highest BCUT2D eigenvalue weighted by Crippen LogP contribution is 2.20. The van der Waals surface area contributed by atoms with Crippen molar-refractivity contribution >= 4 is 21.5 Å². The number of nitrogens with one attached hydrogen (secondary N) is 2. The van der Waals surface area contributed by atoms with Gasteiger partial charge in [0.05, 0.1) is 16.8 Å². The number of pyridine rings is 1. The number of aryl methyl sites for hydroxylation is 1. The van der Waals surface area contributed by atoms with Gasteiger partial charge in [-0.15, -0.1) is 0 Å². The number of hydrogen-bond donors (Lipinski definition) is 2. The van der Waals surface area contributed by atoms with Crippen molar-refractivity contribution in [3.8, 4) is 0 Å². The van der Waals surface area contributed by atoms with E-state index >= 15 is 0 Å². The minimum atomic E-state index is -3.61. The van der Waals surface area contributed by atoms with E-state index in [1.807, 2.05) is 13.0 Å². The number of nitrogens with zero attached hydrogens (tertiary/aromatic N) is 1. The summed E-state index contributed by atoms with van der Waals surface area (Å²) in [6.45, 7) is 2.78. The smallest absolute Gasteiger partial charge is 0.263 e. The zero-order valence-electron chi connectivity index (χ0n) is 15.0. The number of aromatic nitrogens is 1. The monoisotopic (exact) mass is 371 g/mol. The molecule has 2 N–H and O–H groups in total. The van der Waals surface area contributed by atoms with Gasteiger partial charge in [0, 0.05) is 6.54 Å². The molecule has 0 bridgehead atoms. The number of rotatable bonds is 7. The average molecular weight is 372 g/mol. The van der Waals surface area contributed by atoms with E-state index in [2.05, 4.69) is 21.1 Å². The van der Waals surface area contributed by atoms with Crippen molar-refractivity contribution in [2.45, 2.75) is 43.9 Å². The number of benzene rings is 1. The highest BCUT2D eigenvalue weighted by atomic mass is 32.2. The van der Waals surface area contributed by atoms with E-state index in [0.29, 0.717) is 5.82 Å². The van der Waals surface area contributed by atoms with Gasteiger partial charge in [-0.1, -0.05) is 29.3 Å². The Kier molecular flexibility index (Phi) is 5.93. The quantitative estimate of drug-likeness (QED) is 0.703. The largest absolute Gasteiger partial charge is 0.383 e. The Morgan fingerprint density at radius 1 is 1.08 bits per heavy atom. The average Bonchev–Trinajstić information content (AvgIpc) is 2.64. The van der Waals surface area contributed by atoms with Crippen LogP contribution in [-0.2, 0) is 10.0 Å². The fraction of sp³-hybridized carbons (Fsp3) is 0.350. The zero-order valence-corrected chi connectivity index (χ0v) is 15.8. The molecule has 2 aromatic rings. The fourth-order valence-electron chi connectivity index (χ4n) is 2.97. The summed E-state index contributed by atoms with van der Waals surface area (Å²) in [7, 11) is -3.61. The minimum Gasteiger partial charge on any atom is -0.383 e. The van der Waals surface area contributed by atoms with Crippen LogP contribution in [0, 0.1) is 6.92 Å². The van der Waals surface area contributed by atoms with Crippen LogP contribution in [0.3, 0.4) is 0 Å². The second-order valence-corrected chi connectivity index (χ2v) is 8.32. The summed E-state index contributed by atoms with van der Waals surface area (Å²) in [5, 5.41) is 3.34. The fourth-order valence-corrected chi connectivity index (χ4v) is 3.98. The van der Waals surface area contributed by atoms with Crippen LogP contribution in [0.2, 0.25) is 0 Å². The van der Waals surface area contributed by atoms with Crippen molar-refractivity contribution in [1.29, 1.82) is 0 Å². The molecular formula is C20H25N3O2S. The van der Waals surface area contributed by atoms with E-state index < -0.39 is 10.0 Å². The van der Waals surface area contributed by atoms with Crippen molar-refractivity contribution in [3.05, 3.63) is 59.8 Å². The normalized spacial score (nSPS) is 14.6. The molecule has 0 amide bonds. The first-order valence-corrected chi connectivity index (χ1v) is 10.5. The second kappa shape index (κ2) is 8.36. The summed E-state index contributed by atoms with van der Waals surface area (Å²) in [5.74, 6) is 0.311. The first-order chi connectivity index (χ1) is 12.5. The van der Waals surface area contributed by atoms with E-state index in [4.69, 9.17) is 0 Å². The van der Waals surface area contributed by atoms with Crippen LogP contribution < -0.4 is 10.0 Å². The van der Waals surface area contributed by atoms with Crippen molar-refractivity contribution in [2.75, 3.05) is 16.6 Å². The molecule has 0 radical (unpaired) electrons. The third-order valence-corrected chi connectivity index (χ3v) is 5.86. The van der Waals surface area contributed by atoms with Crippen LogP contribution in [-0.4, -0.2) is 19.9 Å². The lowest BCUT2D eigenvalue weighted by atomic mass is 9.97. The van der Waals surface area contributed by atoms with Gasteiger partial charge in [0.1, 0.15) is 5.82 Å². The zero-order chi connectivity index (χ0) is 18.4. The summed E-state index contributed by atoms with van der Waals surface area (Å²) in [5.41, 5.74) is 3.43. The second-order valence-electron chi connectivity index (χ2n) is 6.64. The lowest BCUT2D eigenvalue weighted by Crippen LogP contribution is -2.14. The molecule has 1 aromatic heterocycles. The molecule has 0 unspecified atom stereocenters. The van der Waals surface area contributed by atoms with E-state index in [-0.39, 0.29) is 4.90 Å². The SMILES string of the molecule is Cc1ccc(S(=O)(=O)Nc2ccc(NCCC3=CCCCC3)cn2)cc1. The van der Waals surface area contributed by atoms with Gasteiger partial charge in [-0.3, -0.25) is 4.72 Å². The molecule has 0 fully saturated rings. The van der Waals surface area contributed by atoms with Crippen molar-refractivity contribution in [3.63, 3.8) is 0 Å². The van der Waals surface area contributed by atoms with Crippen LogP contribution in [0.5, 0.6) is 0 Å². The lowest BCUT2D eigenvalue weighted by Gasteiger charge is -2.13. The third kappa shape index (κ3) is 5.08. The Hall–Kier alpha value is -2.34. The van der Waals surface area contributed by atoms with Crippen LogP contribution in [0.4, 0.5) is 11.5 Å². The van der Waals surface area contributed by atoms with Gasteiger partial charge < -0.3 is 5.32 Å². The number of sulfonamides is 1. The summed E-state index contributed by atoms with van der Waals surface area (Å²) in [4.78, 5) is 4.43. The molecule has 1 aromatic carbocycles. The van der Waals surface area contributed by atoms with Crippen LogP contribution in [0.1, 0.15) is 37.7 Å².